The molecule has 0 heterocycles. The Balaban J connectivity index is 1.95. The van der Waals surface area contributed by atoms with Crippen molar-refractivity contribution in [1.29, 1.82) is 0 Å². The molecule has 0 N–H and O–H groups in total. The lowest BCUT2D eigenvalue weighted by Crippen LogP contribution is -2.27. The van der Waals surface area contributed by atoms with Gasteiger partial charge in [0.15, 0.2) is 0 Å². The maximum absolute atomic E-state index is 12.0. The Hall–Kier alpha value is -2.57. The van der Waals surface area contributed by atoms with Gasteiger partial charge in [-0.3, -0.25) is 4.79 Å². The first-order valence-electron chi connectivity index (χ1n) is 10.8. The van der Waals surface area contributed by atoms with Crippen molar-refractivity contribution in [2.75, 3.05) is 6.61 Å². The van der Waals surface area contributed by atoms with Crippen molar-refractivity contribution in [3.63, 3.8) is 0 Å². The molecular formula is C27H31O2P. The number of rotatable bonds is 10. The van der Waals surface area contributed by atoms with Crippen LogP contribution in [0.5, 0.6) is 0 Å². The van der Waals surface area contributed by atoms with Crippen LogP contribution in [0.1, 0.15) is 39.0 Å². The molecule has 0 spiro atoms. The molecule has 30 heavy (non-hydrogen) atoms. The molecule has 0 atom stereocenters. The lowest BCUT2D eigenvalue weighted by molar-refractivity contribution is -0.143. The van der Waals surface area contributed by atoms with Crippen LogP contribution in [-0.2, 0) is 9.53 Å². The standard InChI is InChI=1S/C27H31O2P/c1-2-3-22-29-27(28)21-13-14-23-30(24-15-7-4-8-16-24,25-17-9-5-10-18-25)26-19-11-6-12-20-26/h4-12,15-20,23H,2-3,13-14,21-22H2,1H3. The maximum Gasteiger partial charge on any atom is 0.305 e. The summed E-state index contributed by atoms with van der Waals surface area (Å²) >= 11 is 0. The Kier molecular flexibility index (Phi) is 8.53. The highest BCUT2D eigenvalue weighted by Crippen LogP contribution is 2.44. The van der Waals surface area contributed by atoms with Gasteiger partial charge in [0, 0.05) is 6.42 Å². The molecule has 0 aliphatic carbocycles. The smallest absolute Gasteiger partial charge is 0.305 e. The van der Waals surface area contributed by atoms with Crippen LogP contribution in [-0.4, -0.2) is 18.4 Å². The van der Waals surface area contributed by atoms with Crippen molar-refractivity contribution in [2.45, 2.75) is 39.0 Å². The van der Waals surface area contributed by atoms with E-state index in [2.05, 4.69) is 104 Å². The second-order valence-electron chi connectivity index (χ2n) is 7.38. The summed E-state index contributed by atoms with van der Waals surface area (Å²) in [7, 11) is 0. The third-order valence-electron chi connectivity index (χ3n) is 5.24. The first-order valence-corrected chi connectivity index (χ1v) is 12.7. The minimum absolute atomic E-state index is 0.0834. The van der Waals surface area contributed by atoms with Crippen molar-refractivity contribution in [3.8, 4) is 0 Å². The van der Waals surface area contributed by atoms with Gasteiger partial charge in [-0.25, -0.2) is 0 Å². The van der Waals surface area contributed by atoms with Crippen LogP contribution >= 0.6 is 6.89 Å². The highest BCUT2D eigenvalue weighted by Gasteiger charge is 2.24. The van der Waals surface area contributed by atoms with Gasteiger partial charge >= 0.3 is 5.97 Å². The molecule has 0 saturated heterocycles. The molecule has 0 aliphatic heterocycles. The summed E-state index contributed by atoms with van der Waals surface area (Å²) < 4.78 is 5.32. The van der Waals surface area contributed by atoms with Gasteiger partial charge in [-0.05, 0) is 42.1 Å². The highest BCUT2D eigenvalue weighted by atomic mass is 31.2. The van der Waals surface area contributed by atoms with Gasteiger partial charge in [0.05, 0.1) is 6.61 Å². The summed E-state index contributed by atoms with van der Waals surface area (Å²) in [6.07, 6.45) is 4.12. The Morgan fingerprint density at radius 1 is 0.767 bits per heavy atom. The van der Waals surface area contributed by atoms with E-state index in [4.69, 9.17) is 4.74 Å². The Morgan fingerprint density at radius 3 is 1.67 bits per heavy atom. The zero-order chi connectivity index (χ0) is 21.1. The number of hydrogen-bond donors (Lipinski definition) is 0. The molecule has 0 unspecified atom stereocenters. The average molecular weight is 419 g/mol. The van der Waals surface area contributed by atoms with E-state index in [0.717, 1.165) is 25.7 Å². The van der Waals surface area contributed by atoms with E-state index < -0.39 is 6.89 Å². The predicted octanol–water partition coefficient (Wildman–Crippen LogP) is 5.30. The molecule has 3 heteroatoms. The number of ether oxygens (including phenoxy) is 1. The van der Waals surface area contributed by atoms with E-state index in [0.29, 0.717) is 13.0 Å². The summed E-state index contributed by atoms with van der Waals surface area (Å²) in [4.78, 5) is 12.0. The molecular weight excluding hydrogens is 387 g/mol. The van der Waals surface area contributed by atoms with Gasteiger partial charge in [-0.2, -0.15) is 0 Å². The Bertz CT molecular complexity index is 847. The molecule has 3 aromatic rings. The molecule has 0 fully saturated rings. The van der Waals surface area contributed by atoms with Crippen LogP contribution in [0.2, 0.25) is 0 Å². The van der Waals surface area contributed by atoms with Crippen LogP contribution in [0.15, 0.2) is 91.0 Å². The number of carbonyl (C=O) groups is 1. The average Bonchev–Trinajstić information content (AvgIpc) is 2.81. The zero-order valence-electron chi connectivity index (χ0n) is 17.7. The molecule has 0 amide bonds. The Labute approximate surface area is 180 Å². The van der Waals surface area contributed by atoms with E-state index in [1.54, 1.807) is 0 Å². The molecule has 0 aliphatic rings. The second-order valence-corrected chi connectivity index (χ2v) is 10.7. The number of carbonyl (C=O) groups excluding carboxylic acids is 1. The van der Waals surface area contributed by atoms with Gasteiger partial charge in [0.25, 0.3) is 0 Å². The monoisotopic (exact) mass is 418 g/mol. The lowest BCUT2D eigenvalue weighted by Gasteiger charge is -2.29. The van der Waals surface area contributed by atoms with Gasteiger partial charge in [-0.1, -0.05) is 110 Å². The highest BCUT2D eigenvalue weighted by molar-refractivity contribution is 7.94. The van der Waals surface area contributed by atoms with Crippen molar-refractivity contribution in [1.82, 2.24) is 0 Å². The van der Waals surface area contributed by atoms with E-state index in [-0.39, 0.29) is 5.97 Å². The molecule has 0 saturated carbocycles. The van der Waals surface area contributed by atoms with E-state index in [9.17, 15) is 4.79 Å². The number of benzene rings is 3. The van der Waals surface area contributed by atoms with Crippen molar-refractivity contribution < 1.29 is 9.53 Å². The summed E-state index contributed by atoms with van der Waals surface area (Å²) in [5.41, 5.74) is 0. The van der Waals surface area contributed by atoms with Crippen LogP contribution in [0.3, 0.4) is 0 Å². The largest absolute Gasteiger partial charge is 0.466 e. The van der Waals surface area contributed by atoms with E-state index >= 15 is 0 Å². The molecule has 0 radical (unpaired) electrons. The van der Waals surface area contributed by atoms with Crippen molar-refractivity contribution >= 4 is 34.6 Å². The summed E-state index contributed by atoms with van der Waals surface area (Å²) in [6.45, 7) is 0.719. The first-order chi connectivity index (χ1) is 14.8. The van der Waals surface area contributed by atoms with Gasteiger partial charge in [-0.15, -0.1) is 0 Å². The number of unbranched alkanes of at least 4 members (excludes halogenated alkanes) is 2. The molecule has 3 aromatic carbocycles. The normalized spacial score (nSPS) is 11.1. The fourth-order valence-electron chi connectivity index (χ4n) is 3.69. The number of esters is 1. The fourth-order valence-corrected chi connectivity index (χ4v) is 7.71. The second kappa shape index (κ2) is 11.6. The minimum atomic E-state index is -1.92. The molecule has 0 aromatic heterocycles. The van der Waals surface area contributed by atoms with Crippen LogP contribution < -0.4 is 15.9 Å². The fraction of sp³-hybridized carbons (Fsp3) is 0.259. The van der Waals surface area contributed by atoms with Gasteiger partial charge < -0.3 is 4.74 Å². The lowest BCUT2D eigenvalue weighted by atomic mass is 10.2. The topological polar surface area (TPSA) is 26.3 Å². The minimum Gasteiger partial charge on any atom is -0.466 e. The summed E-state index contributed by atoms with van der Waals surface area (Å²) in [5, 5.41) is 4.02. The quantitative estimate of drug-likeness (QED) is 0.254. The van der Waals surface area contributed by atoms with Crippen molar-refractivity contribution in [3.05, 3.63) is 91.0 Å². The zero-order valence-corrected chi connectivity index (χ0v) is 18.6. The predicted molar refractivity (Wildman–Crippen MR) is 131 cm³/mol. The third kappa shape index (κ3) is 5.52. The van der Waals surface area contributed by atoms with Crippen molar-refractivity contribution in [2.24, 2.45) is 0 Å². The summed E-state index contributed by atoms with van der Waals surface area (Å²) in [6, 6.07) is 32.4. The maximum atomic E-state index is 12.0. The van der Waals surface area contributed by atoms with Crippen LogP contribution in [0.4, 0.5) is 0 Å². The molecule has 2 nitrogen and oxygen atoms in total. The third-order valence-corrected chi connectivity index (χ3v) is 9.38. The first kappa shape index (κ1) is 22.1. The molecule has 3 rings (SSSR count). The number of hydrogen-bond acceptors (Lipinski definition) is 2. The molecule has 0 bridgehead atoms. The Morgan fingerprint density at radius 2 is 1.23 bits per heavy atom. The SMILES string of the molecule is CCCCOC(=O)CCCC=P(c1ccccc1)(c1ccccc1)c1ccccc1. The van der Waals surface area contributed by atoms with Gasteiger partial charge in [0.2, 0.25) is 0 Å². The molecule has 156 valence electrons. The van der Waals surface area contributed by atoms with E-state index in [1.165, 1.54) is 15.9 Å². The van der Waals surface area contributed by atoms with Gasteiger partial charge in [0.1, 0.15) is 0 Å². The van der Waals surface area contributed by atoms with E-state index in [1.807, 2.05) is 0 Å². The van der Waals surface area contributed by atoms with Crippen LogP contribution in [0.25, 0.3) is 0 Å². The van der Waals surface area contributed by atoms with Crippen LogP contribution in [0, 0.1) is 0 Å². The summed E-state index contributed by atoms with van der Waals surface area (Å²) in [5.74, 6) is 2.40.